The monoisotopic (exact) mass is 326 g/mol. The maximum absolute atomic E-state index is 8.59. The summed E-state index contributed by atoms with van der Waals surface area (Å²) in [5.41, 5.74) is 2.49. The number of oxime groups is 1. The fourth-order valence-electron chi connectivity index (χ4n) is 2.39. The first kappa shape index (κ1) is 15.8. The highest BCUT2D eigenvalue weighted by molar-refractivity contribution is 5.75. The summed E-state index contributed by atoms with van der Waals surface area (Å²) in [6.45, 7) is 5.08. The van der Waals surface area contributed by atoms with Crippen molar-refractivity contribution in [2.75, 3.05) is 0 Å². The van der Waals surface area contributed by atoms with Crippen LogP contribution in [0.4, 0.5) is 0 Å². The molecule has 0 amide bonds. The van der Waals surface area contributed by atoms with E-state index in [1.807, 2.05) is 48.9 Å². The lowest BCUT2D eigenvalue weighted by Crippen LogP contribution is -2.00. The number of aromatic nitrogens is 3. The van der Waals surface area contributed by atoms with E-state index in [-0.39, 0.29) is 0 Å². The second-order valence-electron chi connectivity index (χ2n) is 5.17. The van der Waals surface area contributed by atoms with Crippen LogP contribution in [0.15, 0.2) is 46.1 Å². The van der Waals surface area contributed by atoms with Crippen LogP contribution in [0.5, 0.6) is 5.75 Å². The lowest BCUT2D eigenvalue weighted by molar-refractivity contribution is 0.303. The number of aryl methyl sites for hydroxylation is 1. The molecule has 0 unspecified atom stereocenters. The highest BCUT2D eigenvalue weighted by Gasteiger charge is 2.21. The zero-order valence-electron chi connectivity index (χ0n) is 13.5. The number of nitrogens with zero attached hydrogens (tertiary/aromatic N) is 4. The smallest absolute Gasteiger partial charge is 0.251 e. The Hall–Kier alpha value is -3.09. The summed E-state index contributed by atoms with van der Waals surface area (Å²) < 4.78 is 13.4. The molecule has 0 bridgehead atoms. The summed E-state index contributed by atoms with van der Waals surface area (Å²) >= 11 is 0. The molecule has 0 saturated carbocycles. The van der Waals surface area contributed by atoms with Crippen molar-refractivity contribution >= 4 is 6.21 Å². The first-order valence-electron chi connectivity index (χ1n) is 7.60. The van der Waals surface area contributed by atoms with Gasteiger partial charge in [-0.2, -0.15) is 5.10 Å². The van der Waals surface area contributed by atoms with Gasteiger partial charge in [0.25, 0.3) is 5.89 Å². The molecule has 2 aromatic heterocycles. The van der Waals surface area contributed by atoms with Gasteiger partial charge >= 0.3 is 0 Å². The van der Waals surface area contributed by atoms with Crippen LogP contribution in [-0.4, -0.2) is 26.2 Å². The van der Waals surface area contributed by atoms with Gasteiger partial charge in [-0.05, 0) is 19.4 Å². The number of ether oxygens (including phenoxy) is 1. The Balaban J connectivity index is 1.93. The second-order valence-corrected chi connectivity index (χ2v) is 5.17. The van der Waals surface area contributed by atoms with Crippen LogP contribution in [0, 0.1) is 6.92 Å². The molecule has 7 nitrogen and oxygen atoms in total. The zero-order chi connectivity index (χ0) is 16.9. The first-order valence-corrected chi connectivity index (χ1v) is 7.60. The van der Waals surface area contributed by atoms with E-state index in [1.165, 1.54) is 12.4 Å². The van der Waals surface area contributed by atoms with Gasteiger partial charge < -0.3 is 14.4 Å². The second kappa shape index (κ2) is 6.99. The van der Waals surface area contributed by atoms with Crippen molar-refractivity contribution in [1.29, 1.82) is 0 Å². The standard InChI is InChI=1S/C17H18N4O3/c1-3-21-12(2)16(23-11-13-7-5-4-6-8-13)15(20-21)17-18-9-14(24-17)10-19-22/h4-10,22H,3,11H2,1-2H3/b19-10+. The molecular formula is C17H18N4O3. The lowest BCUT2D eigenvalue weighted by Gasteiger charge is -2.07. The van der Waals surface area contributed by atoms with Crippen molar-refractivity contribution in [2.45, 2.75) is 27.0 Å². The normalized spacial score (nSPS) is 11.2. The Kier molecular flexibility index (Phi) is 4.60. The minimum Gasteiger partial charge on any atom is -0.484 e. The fourth-order valence-corrected chi connectivity index (χ4v) is 2.39. The molecule has 0 atom stereocenters. The Labute approximate surface area is 139 Å². The molecule has 0 saturated heterocycles. The van der Waals surface area contributed by atoms with Gasteiger partial charge in [0, 0.05) is 6.54 Å². The van der Waals surface area contributed by atoms with E-state index in [9.17, 15) is 0 Å². The zero-order valence-corrected chi connectivity index (χ0v) is 13.5. The maximum atomic E-state index is 8.59. The Morgan fingerprint density at radius 3 is 2.83 bits per heavy atom. The summed E-state index contributed by atoms with van der Waals surface area (Å²) in [6.07, 6.45) is 2.64. The molecule has 2 heterocycles. The topological polar surface area (TPSA) is 85.7 Å². The highest BCUT2D eigenvalue weighted by atomic mass is 16.5. The van der Waals surface area contributed by atoms with Crippen LogP contribution in [0.3, 0.4) is 0 Å². The molecule has 0 aliphatic carbocycles. The van der Waals surface area contributed by atoms with Gasteiger partial charge in [-0.15, -0.1) is 0 Å². The number of hydrogen-bond acceptors (Lipinski definition) is 6. The third-order valence-corrected chi connectivity index (χ3v) is 3.59. The molecule has 0 aliphatic rings. The summed E-state index contributed by atoms with van der Waals surface area (Å²) in [5, 5.41) is 16.0. The van der Waals surface area contributed by atoms with E-state index in [2.05, 4.69) is 15.2 Å². The van der Waals surface area contributed by atoms with Crippen LogP contribution in [0.1, 0.15) is 23.9 Å². The largest absolute Gasteiger partial charge is 0.484 e. The van der Waals surface area contributed by atoms with Crippen LogP contribution in [0.2, 0.25) is 0 Å². The Morgan fingerprint density at radius 2 is 2.12 bits per heavy atom. The van der Waals surface area contributed by atoms with Gasteiger partial charge in [0.05, 0.1) is 11.9 Å². The summed E-state index contributed by atoms with van der Waals surface area (Å²) in [4.78, 5) is 4.18. The Bertz CT molecular complexity index is 837. The molecule has 1 N–H and O–H groups in total. The van der Waals surface area contributed by atoms with Crippen LogP contribution >= 0.6 is 0 Å². The van der Waals surface area contributed by atoms with E-state index >= 15 is 0 Å². The van der Waals surface area contributed by atoms with E-state index in [1.54, 1.807) is 0 Å². The van der Waals surface area contributed by atoms with Gasteiger partial charge in [-0.25, -0.2) is 4.98 Å². The van der Waals surface area contributed by atoms with E-state index in [4.69, 9.17) is 14.4 Å². The molecular weight excluding hydrogens is 308 g/mol. The molecule has 3 rings (SSSR count). The molecule has 124 valence electrons. The Morgan fingerprint density at radius 1 is 1.33 bits per heavy atom. The fraction of sp³-hybridized carbons (Fsp3) is 0.235. The van der Waals surface area contributed by atoms with Crippen molar-refractivity contribution in [3.05, 3.63) is 53.5 Å². The van der Waals surface area contributed by atoms with Crippen LogP contribution < -0.4 is 4.74 Å². The van der Waals surface area contributed by atoms with Crippen molar-refractivity contribution in [3.8, 4) is 17.3 Å². The molecule has 0 aliphatic heterocycles. The molecule has 1 aromatic carbocycles. The number of hydrogen-bond donors (Lipinski definition) is 1. The number of benzene rings is 1. The highest BCUT2D eigenvalue weighted by Crippen LogP contribution is 2.32. The van der Waals surface area contributed by atoms with E-state index < -0.39 is 0 Å². The predicted octanol–water partition coefficient (Wildman–Crippen LogP) is 3.25. The van der Waals surface area contributed by atoms with Crippen molar-refractivity contribution in [2.24, 2.45) is 5.16 Å². The quantitative estimate of drug-likeness (QED) is 0.427. The van der Waals surface area contributed by atoms with E-state index in [0.717, 1.165) is 11.3 Å². The lowest BCUT2D eigenvalue weighted by atomic mass is 10.2. The van der Waals surface area contributed by atoms with E-state index in [0.29, 0.717) is 36.2 Å². The minimum atomic E-state index is 0.322. The molecule has 7 heteroatoms. The minimum absolute atomic E-state index is 0.322. The maximum Gasteiger partial charge on any atom is 0.251 e. The van der Waals surface area contributed by atoms with Crippen molar-refractivity contribution < 1.29 is 14.4 Å². The van der Waals surface area contributed by atoms with Gasteiger partial charge in [0.1, 0.15) is 12.8 Å². The number of rotatable bonds is 6. The third-order valence-electron chi connectivity index (χ3n) is 3.59. The van der Waals surface area contributed by atoms with Gasteiger partial charge in [-0.1, -0.05) is 35.5 Å². The van der Waals surface area contributed by atoms with Crippen LogP contribution in [0.25, 0.3) is 11.6 Å². The SMILES string of the molecule is CCn1nc(-c2ncc(/C=N/O)o2)c(OCc2ccccc2)c1C. The summed E-state index contributed by atoms with van der Waals surface area (Å²) in [6, 6.07) is 9.90. The average molecular weight is 326 g/mol. The molecule has 0 fully saturated rings. The third kappa shape index (κ3) is 3.15. The van der Waals surface area contributed by atoms with Crippen molar-refractivity contribution in [1.82, 2.24) is 14.8 Å². The van der Waals surface area contributed by atoms with Crippen molar-refractivity contribution in [3.63, 3.8) is 0 Å². The summed E-state index contributed by atoms with van der Waals surface area (Å²) in [7, 11) is 0. The summed E-state index contributed by atoms with van der Waals surface area (Å²) in [5.74, 6) is 1.29. The molecule has 3 aromatic rings. The van der Waals surface area contributed by atoms with Gasteiger partial charge in [0.15, 0.2) is 17.2 Å². The van der Waals surface area contributed by atoms with Gasteiger partial charge in [-0.3, -0.25) is 4.68 Å². The number of oxazole rings is 1. The molecule has 0 spiro atoms. The predicted molar refractivity (Wildman–Crippen MR) is 88.3 cm³/mol. The van der Waals surface area contributed by atoms with Gasteiger partial charge in [0.2, 0.25) is 0 Å². The van der Waals surface area contributed by atoms with Crippen LogP contribution in [-0.2, 0) is 13.2 Å². The molecule has 24 heavy (non-hydrogen) atoms. The average Bonchev–Trinajstić information content (AvgIpc) is 3.19. The molecule has 0 radical (unpaired) electrons. The first-order chi connectivity index (χ1) is 11.7.